The number of H-pyrrole nitrogens is 1. The molecule has 0 bridgehead atoms. The summed E-state index contributed by atoms with van der Waals surface area (Å²) in [4.78, 5) is 13.3. The maximum Gasteiger partial charge on any atom is 0.238 e. The van der Waals surface area contributed by atoms with Gasteiger partial charge in [0.05, 0.1) is 17.1 Å². The molecular formula is C13H13N3OS. The summed E-state index contributed by atoms with van der Waals surface area (Å²) in [5.41, 5.74) is 3.21. The lowest BCUT2D eigenvalue weighted by Crippen LogP contribution is -2.24. The third kappa shape index (κ3) is 2.13. The van der Waals surface area contributed by atoms with Crippen LogP contribution < -0.4 is 5.32 Å². The molecule has 3 rings (SSSR count). The highest BCUT2D eigenvalue weighted by Crippen LogP contribution is 2.37. The molecule has 2 N–H and O–H groups in total. The summed E-state index contributed by atoms with van der Waals surface area (Å²) in [5, 5.41) is 9.30. The predicted molar refractivity (Wildman–Crippen MR) is 71.7 cm³/mol. The van der Waals surface area contributed by atoms with Crippen molar-refractivity contribution in [2.75, 3.05) is 5.32 Å². The van der Waals surface area contributed by atoms with Gasteiger partial charge in [-0.3, -0.25) is 9.89 Å². The SMILES string of the molecule is Cc1ccc2c(c1)S[C@H](C(=O)Nc1cn[nH]c1)C2. The molecule has 1 atom stereocenters. The van der Waals surface area contributed by atoms with Crippen LogP contribution in [-0.4, -0.2) is 21.4 Å². The molecule has 0 unspecified atom stereocenters. The highest BCUT2D eigenvalue weighted by atomic mass is 32.2. The molecule has 92 valence electrons. The molecule has 1 aromatic carbocycles. The first-order valence-electron chi connectivity index (χ1n) is 5.78. The van der Waals surface area contributed by atoms with Gasteiger partial charge in [0.1, 0.15) is 0 Å². The summed E-state index contributed by atoms with van der Waals surface area (Å²) < 4.78 is 0. The van der Waals surface area contributed by atoms with Crippen molar-refractivity contribution in [1.82, 2.24) is 10.2 Å². The molecule has 1 aliphatic rings. The van der Waals surface area contributed by atoms with Crippen LogP contribution >= 0.6 is 11.8 Å². The number of aryl methyl sites for hydroxylation is 1. The zero-order valence-corrected chi connectivity index (χ0v) is 10.8. The number of hydrogen-bond acceptors (Lipinski definition) is 3. The Morgan fingerprint density at radius 2 is 2.44 bits per heavy atom. The van der Waals surface area contributed by atoms with E-state index in [4.69, 9.17) is 0 Å². The van der Waals surface area contributed by atoms with Gasteiger partial charge >= 0.3 is 0 Å². The first-order chi connectivity index (χ1) is 8.72. The van der Waals surface area contributed by atoms with Gasteiger partial charge in [-0.1, -0.05) is 17.7 Å². The molecule has 0 spiro atoms. The molecule has 0 aliphatic carbocycles. The lowest BCUT2D eigenvalue weighted by atomic mass is 10.1. The Morgan fingerprint density at radius 1 is 1.56 bits per heavy atom. The number of hydrogen-bond donors (Lipinski definition) is 2. The van der Waals surface area contributed by atoms with Gasteiger partial charge in [0.25, 0.3) is 0 Å². The van der Waals surface area contributed by atoms with Crippen LogP contribution in [0, 0.1) is 6.92 Å². The number of carbonyl (C=O) groups is 1. The van der Waals surface area contributed by atoms with Crippen LogP contribution in [0.3, 0.4) is 0 Å². The zero-order chi connectivity index (χ0) is 12.5. The molecule has 0 saturated heterocycles. The molecule has 0 fully saturated rings. The average molecular weight is 259 g/mol. The van der Waals surface area contributed by atoms with Crippen LogP contribution in [0.2, 0.25) is 0 Å². The Balaban J connectivity index is 1.72. The lowest BCUT2D eigenvalue weighted by Gasteiger charge is -2.07. The normalized spacial score (nSPS) is 17.5. The van der Waals surface area contributed by atoms with Gasteiger partial charge in [-0.05, 0) is 25.0 Å². The summed E-state index contributed by atoms with van der Waals surface area (Å²) in [7, 11) is 0. The van der Waals surface area contributed by atoms with Gasteiger partial charge in [0, 0.05) is 11.1 Å². The second-order valence-corrected chi connectivity index (χ2v) is 5.64. The molecule has 1 aliphatic heterocycles. The van der Waals surface area contributed by atoms with E-state index < -0.39 is 0 Å². The number of anilines is 1. The largest absolute Gasteiger partial charge is 0.322 e. The van der Waals surface area contributed by atoms with Crippen LogP contribution in [0.15, 0.2) is 35.5 Å². The summed E-state index contributed by atoms with van der Waals surface area (Å²) >= 11 is 1.64. The number of rotatable bonds is 2. The number of nitrogens with one attached hydrogen (secondary N) is 2. The Hall–Kier alpha value is -1.75. The monoisotopic (exact) mass is 259 g/mol. The van der Waals surface area contributed by atoms with Gasteiger partial charge in [-0.15, -0.1) is 11.8 Å². The molecule has 1 aromatic heterocycles. The number of aromatic nitrogens is 2. The van der Waals surface area contributed by atoms with Crippen LogP contribution in [-0.2, 0) is 11.2 Å². The Labute approximate surface area is 109 Å². The van der Waals surface area contributed by atoms with E-state index in [1.807, 2.05) is 0 Å². The molecule has 0 radical (unpaired) electrons. The number of fused-ring (bicyclic) bond motifs is 1. The van der Waals surface area contributed by atoms with Crippen molar-refractivity contribution in [3.8, 4) is 0 Å². The lowest BCUT2D eigenvalue weighted by molar-refractivity contribution is -0.115. The predicted octanol–water partition coefficient (Wildman–Crippen LogP) is 2.37. The van der Waals surface area contributed by atoms with Crippen LogP contribution in [0.5, 0.6) is 0 Å². The van der Waals surface area contributed by atoms with Crippen molar-refractivity contribution < 1.29 is 4.79 Å². The summed E-state index contributed by atoms with van der Waals surface area (Å²) in [6.45, 7) is 2.07. The summed E-state index contributed by atoms with van der Waals surface area (Å²) in [6.07, 6.45) is 4.08. The zero-order valence-electron chi connectivity index (χ0n) is 9.93. The fourth-order valence-electron chi connectivity index (χ4n) is 2.02. The number of aromatic amines is 1. The van der Waals surface area contributed by atoms with Crippen molar-refractivity contribution in [3.63, 3.8) is 0 Å². The second kappa shape index (κ2) is 4.49. The van der Waals surface area contributed by atoms with Gasteiger partial charge < -0.3 is 5.32 Å². The number of amides is 1. The van der Waals surface area contributed by atoms with Crippen molar-refractivity contribution in [3.05, 3.63) is 41.7 Å². The van der Waals surface area contributed by atoms with Gasteiger partial charge in [0.2, 0.25) is 5.91 Å². The number of carbonyl (C=O) groups excluding carboxylic acids is 1. The Kier molecular flexibility index (Phi) is 2.83. The van der Waals surface area contributed by atoms with E-state index in [9.17, 15) is 4.79 Å². The fraction of sp³-hybridized carbons (Fsp3) is 0.231. The van der Waals surface area contributed by atoms with Crippen LogP contribution in [0.4, 0.5) is 5.69 Å². The minimum atomic E-state index is -0.0447. The van der Waals surface area contributed by atoms with Crippen LogP contribution in [0.25, 0.3) is 0 Å². The third-order valence-electron chi connectivity index (χ3n) is 2.96. The van der Waals surface area contributed by atoms with Crippen molar-refractivity contribution in [2.24, 2.45) is 0 Å². The topological polar surface area (TPSA) is 57.8 Å². The summed E-state index contributed by atoms with van der Waals surface area (Å²) in [5.74, 6) is 0.0373. The van der Waals surface area contributed by atoms with Gasteiger partial charge in [0.15, 0.2) is 0 Å². The van der Waals surface area contributed by atoms with E-state index in [0.29, 0.717) is 5.69 Å². The number of nitrogens with zero attached hydrogens (tertiary/aromatic N) is 1. The Bertz CT molecular complexity index is 580. The molecule has 18 heavy (non-hydrogen) atoms. The fourth-order valence-corrected chi connectivity index (χ4v) is 3.32. The minimum absolute atomic E-state index is 0.0373. The molecule has 5 heteroatoms. The minimum Gasteiger partial charge on any atom is -0.322 e. The van der Waals surface area contributed by atoms with E-state index in [1.165, 1.54) is 16.0 Å². The smallest absolute Gasteiger partial charge is 0.238 e. The average Bonchev–Trinajstić information content (AvgIpc) is 2.96. The highest BCUT2D eigenvalue weighted by Gasteiger charge is 2.28. The number of thioether (sulfide) groups is 1. The first kappa shape index (κ1) is 11.3. The van der Waals surface area contributed by atoms with Crippen molar-refractivity contribution in [1.29, 1.82) is 0 Å². The number of benzene rings is 1. The molecule has 4 nitrogen and oxygen atoms in total. The molecule has 1 amide bonds. The van der Waals surface area contributed by atoms with Crippen molar-refractivity contribution >= 4 is 23.4 Å². The standard InChI is InChI=1S/C13H13N3OS/c1-8-2-3-9-5-12(18-11(9)4-8)13(17)16-10-6-14-15-7-10/h2-4,6-7,12H,5H2,1H3,(H,14,15)(H,16,17)/t12-/m0/s1. The van der Waals surface area contributed by atoms with E-state index in [1.54, 1.807) is 24.2 Å². The van der Waals surface area contributed by atoms with Gasteiger partial charge in [-0.2, -0.15) is 5.10 Å². The van der Waals surface area contributed by atoms with E-state index in [-0.39, 0.29) is 11.2 Å². The van der Waals surface area contributed by atoms with Crippen molar-refractivity contribution in [2.45, 2.75) is 23.5 Å². The molecule has 2 aromatic rings. The summed E-state index contributed by atoms with van der Waals surface area (Å²) in [6, 6.07) is 6.35. The van der Waals surface area contributed by atoms with E-state index >= 15 is 0 Å². The van der Waals surface area contributed by atoms with Crippen LogP contribution in [0.1, 0.15) is 11.1 Å². The molecule has 0 saturated carbocycles. The quantitative estimate of drug-likeness (QED) is 0.870. The maximum atomic E-state index is 12.1. The molecule has 2 heterocycles. The molecular weight excluding hydrogens is 246 g/mol. The van der Waals surface area contributed by atoms with E-state index in [0.717, 1.165) is 6.42 Å². The second-order valence-electron chi connectivity index (χ2n) is 4.40. The van der Waals surface area contributed by atoms with Gasteiger partial charge in [-0.25, -0.2) is 0 Å². The highest BCUT2D eigenvalue weighted by molar-refractivity contribution is 8.01. The third-order valence-corrected chi connectivity index (χ3v) is 4.25. The first-order valence-corrected chi connectivity index (χ1v) is 6.66. The maximum absolute atomic E-state index is 12.1. The Morgan fingerprint density at radius 3 is 3.22 bits per heavy atom. The van der Waals surface area contributed by atoms with E-state index in [2.05, 4.69) is 40.6 Å².